The van der Waals surface area contributed by atoms with E-state index in [0.717, 1.165) is 22.2 Å². The van der Waals surface area contributed by atoms with Gasteiger partial charge in [0.15, 0.2) is 11.5 Å². The zero-order valence-corrected chi connectivity index (χ0v) is 16.0. The number of nitrogens with one attached hydrogen (secondary N) is 1. The maximum absolute atomic E-state index is 12.7. The van der Waals surface area contributed by atoms with Crippen LogP contribution in [0.1, 0.15) is 23.7 Å². The van der Waals surface area contributed by atoms with E-state index in [1.165, 1.54) is 0 Å². The van der Waals surface area contributed by atoms with Crippen molar-refractivity contribution in [2.24, 2.45) is 0 Å². The second-order valence-electron chi connectivity index (χ2n) is 7.16. The second kappa shape index (κ2) is 6.73. The van der Waals surface area contributed by atoms with Crippen LogP contribution >= 0.6 is 0 Å². The highest BCUT2D eigenvalue weighted by Gasteiger charge is 2.36. The fourth-order valence-corrected chi connectivity index (χ4v) is 3.75. The predicted molar refractivity (Wildman–Crippen MR) is 107 cm³/mol. The van der Waals surface area contributed by atoms with E-state index in [0.29, 0.717) is 36.1 Å². The number of para-hydroxylation sites is 1. The van der Waals surface area contributed by atoms with E-state index >= 15 is 0 Å². The number of aromatic nitrogens is 4. The van der Waals surface area contributed by atoms with Gasteiger partial charge in [0.2, 0.25) is 5.91 Å². The number of hydrogen-bond acceptors (Lipinski definition) is 6. The molecule has 1 amide bonds. The van der Waals surface area contributed by atoms with Crippen LogP contribution in [0.2, 0.25) is 0 Å². The third kappa shape index (κ3) is 2.93. The summed E-state index contributed by atoms with van der Waals surface area (Å²) in [6.07, 6.45) is 0.317. The Balaban J connectivity index is 1.44. The highest BCUT2D eigenvalue weighted by Crippen LogP contribution is 2.37. The Hall–Kier alpha value is -3.68. The lowest BCUT2D eigenvalue weighted by Crippen LogP contribution is -2.25. The number of ether oxygens (including phenoxy) is 1. The molecule has 3 heterocycles. The summed E-state index contributed by atoms with van der Waals surface area (Å²) in [4.78, 5) is 19.0. The zero-order valence-electron chi connectivity index (χ0n) is 16.0. The standard InChI is InChI=1S/C21H19N5O3/c1-12-7-8-17(28-2)16(9-12)26-11-13(10-18(26)27)20-22-21(29-25-20)19-14-5-3-4-6-15(14)23-24-19/h3-9,13H,10-11H2,1-2H3,(H,23,24). The minimum absolute atomic E-state index is 0.00969. The number of methoxy groups -OCH3 is 1. The highest BCUT2D eigenvalue weighted by molar-refractivity contribution is 5.98. The molecule has 1 aliphatic rings. The number of amides is 1. The van der Waals surface area contributed by atoms with E-state index in [-0.39, 0.29) is 11.8 Å². The average Bonchev–Trinajstić information content (AvgIpc) is 3.45. The molecule has 1 unspecified atom stereocenters. The number of benzene rings is 2. The number of carbonyl (C=O) groups excluding carboxylic acids is 1. The normalized spacial score (nSPS) is 16.7. The molecule has 146 valence electrons. The van der Waals surface area contributed by atoms with Crippen molar-refractivity contribution < 1.29 is 14.1 Å². The summed E-state index contributed by atoms with van der Waals surface area (Å²) >= 11 is 0. The van der Waals surface area contributed by atoms with Gasteiger partial charge in [-0.25, -0.2) is 0 Å². The third-order valence-corrected chi connectivity index (χ3v) is 5.23. The number of fused-ring (bicyclic) bond motifs is 1. The molecule has 0 saturated carbocycles. The Morgan fingerprint density at radius 3 is 2.97 bits per heavy atom. The second-order valence-corrected chi connectivity index (χ2v) is 7.16. The number of rotatable bonds is 4. The maximum atomic E-state index is 12.7. The number of hydrogen-bond donors (Lipinski definition) is 1. The molecule has 8 heteroatoms. The van der Waals surface area contributed by atoms with Gasteiger partial charge in [-0.1, -0.05) is 29.4 Å². The molecule has 1 atom stereocenters. The van der Waals surface area contributed by atoms with Crippen molar-refractivity contribution in [3.8, 4) is 17.3 Å². The molecular formula is C21H19N5O3. The van der Waals surface area contributed by atoms with Crippen LogP contribution in [0.5, 0.6) is 5.75 Å². The molecule has 1 fully saturated rings. The molecule has 8 nitrogen and oxygen atoms in total. The van der Waals surface area contributed by atoms with Gasteiger partial charge >= 0.3 is 0 Å². The molecule has 5 rings (SSSR count). The lowest BCUT2D eigenvalue weighted by atomic mass is 10.1. The first kappa shape index (κ1) is 17.4. The Morgan fingerprint density at radius 1 is 1.24 bits per heavy atom. The lowest BCUT2D eigenvalue weighted by Gasteiger charge is -2.19. The van der Waals surface area contributed by atoms with Crippen molar-refractivity contribution in [2.45, 2.75) is 19.3 Å². The Morgan fingerprint density at radius 2 is 2.10 bits per heavy atom. The number of nitrogens with zero attached hydrogens (tertiary/aromatic N) is 4. The molecule has 0 bridgehead atoms. The van der Waals surface area contributed by atoms with Crippen molar-refractivity contribution in [3.63, 3.8) is 0 Å². The largest absolute Gasteiger partial charge is 0.495 e. The number of carbonyl (C=O) groups is 1. The first-order valence-corrected chi connectivity index (χ1v) is 9.36. The molecule has 0 spiro atoms. The monoisotopic (exact) mass is 389 g/mol. The van der Waals surface area contributed by atoms with Crippen LogP contribution in [0, 0.1) is 6.92 Å². The summed E-state index contributed by atoms with van der Waals surface area (Å²) in [5.74, 6) is 1.37. The van der Waals surface area contributed by atoms with Crippen molar-refractivity contribution in [1.82, 2.24) is 20.3 Å². The smallest absolute Gasteiger partial charge is 0.279 e. The van der Waals surface area contributed by atoms with Gasteiger partial charge < -0.3 is 14.2 Å². The highest BCUT2D eigenvalue weighted by atomic mass is 16.5. The number of aryl methyl sites for hydroxylation is 1. The molecule has 2 aromatic carbocycles. The van der Waals surface area contributed by atoms with Gasteiger partial charge in [-0.15, -0.1) is 0 Å². The predicted octanol–water partition coefficient (Wildman–Crippen LogP) is 3.45. The lowest BCUT2D eigenvalue weighted by molar-refractivity contribution is -0.117. The van der Waals surface area contributed by atoms with E-state index in [1.807, 2.05) is 49.4 Å². The fraction of sp³-hybridized carbons (Fsp3) is 0.238. The van der Waals surface area contributed by atoms with E-state index in [1.54, 1.807) is 12.0 Å². The molecule has 1 saturated heterocycles. The summed E-state index contributed by atoms with van der Waals surface area (Å²) in [6, 6.07) is 13.5. The zero-order chi connectivity index (χ0) is 20.0. The van der Waals surface area contributed by atoms with Crippen molar-refractivity contribution in [2.75, 3.05) is 18.6 Å². The number of H-pyrrole nitrogens is 1. The van der Waals surface area contributed by atoms with Crippen molar-refractivity contribution in [1.29, 1.82) is 0 Å². The van der Waals surface area contributed by atoms with E-state index in [4.69, 9.17) is 9.26 Å². The number of anilines is 1. The van der Waals surface area contributed by atoms with E-state index in [2.05, 4.69) is 20.3 Å². The molecule has 29 heavy (non-hydrogen) atoms. The Kier molecular flexibility index (Phi) is 4.04. The molecule has 1 N–H and O–H groups in total. The van der Waals surface area contributed by atoms with Gasteiger partial charge in [0.1, 0.15) is 5.75 Å². The molecule has 0 aliphatic carbocycles. The molecule has 1 aliphatic heterocycles. The van der Waals surface area contributed by atoms with Crippen LogP contribution in [-0.2, 0) is 4.79 Å². The van der Waals surface area contributed by atoms with Crippen LogP contribution < -0.4 is 9.64 Å². The van der Waals surface area contributed by atoms with Crippen LogP contribution in [0.15, 0.2) is 47.0 Å². The SMILES string of the molecule is COc1ccc(C)cc1N1CC(c2noc(-c3n[nH]c4ccccc34)n2)CC1=O. The molecule has 2 aromatic heterocycles. The van der Waals surface area contributed by atoms with Gasteiger partial charge in [0.05, 0.1) is 18.3 Å². The van der Waals surface area contributed by atoms with Gasteiger partial charge in [0, 0.05) is 24.3 Å². The Labute approximate surface area is 166 Å². The minimum Gasteiger partial charge on any atom is -0.495 e. The maximum Gasteiger partial charge on any atom is 0.279 e. The van der Waals surface area contributed by atoms with Gasteiger partial charge in [-0.3, -0.25) is 9.89 Å². The van der Waals surface area contributed by atoms with Crippen LogP contribution in [0.3, 0.4) is 0 Å². The number of aromatic amines is 1. The topological polar surface area (TPSA) is 97.1 Å². The molecule has 4 aromatic rings. The Bertz CT molecular complexity index is 1210. The minimum atomic E-state index is -0.157. The van der Waals surface area contributed by atoms with Crippen LogP contribution in [0.25, 0.3) is 22.5 Å². The van der Waals surface area contributed by atoms with Crippen molar-refractivity contribution >= 4 is 22.5 Å². The fourth-order valence-electron chi connectivity index (χ4n) is 3.75. The van der Waals surface area contributed by atoms with E-state index in [9.17, 15) is 4.79 Å². The summed E-state index contributed by atoms with van der Waals surface area (Å²) in [6.45, 7) is 2.46. The summed E-state index contributed by atoms with van der Waals surface area (Å²) in [7, 11) is 1.60. The van der Waals surface area contributed by atoms with Crippen molar-refractivity contribution in [3.05, 3.63) is 53.9 Å². The average molecular weight is 389 g/mol. The van der Waals surface area contributed by atoms with Gasteiger partial charge in [-0.2, -0.15) is 10.1 Å². The third-order valence-electron chi connectivity index (χ3n) is 5.23. The van der Waals surface area contributed by atoms with Crippen LogP contribution in [-0.4, -0.2) is 39.9 Å². The van der Waals surface area contributed by atoms with E-state index < -0.39 is 0 Å². The summed E-state index contributed by atoms with van der Waals surface area (Å²) in [5.41, 5.74) is 3.34. The summed E-state index contributed by atoms with van der Waals surface area (Å²) in [5, 5.41) is 12.3. The summed E-state index contributed by atoms with van der Waals surface area (Å²) < 4.78 is 10.9. The van der Waals surface area contributed by atoms with Gasteiger partial charge in [-0.05, 0) is 30.7 Å². The molecule has 0 radical (unpaired) electrons. The first-order chi connectivity index (χ1) is 14.1. The van der Waals surface area contributed by atoms with Crippen LogP contribution in [0.4, 0.5) is 5.69 Å². The first-order valence-electron chi connectivity index (χ1n) is 9.36. The quantitative estimate of drug-likeness (QED) is 0.574. The molecular weight excluding hydrogens is 370 g/mol. The van der Waals surface area contributed by atoms with Gasteiger partial charge in [0.25, 0.3) is 5.89 Å².